The standard InChI is InChI=1S/C30H35ClF3N5O4/c1-3-20-14-35-22(15-43-20)18-4-6-19(7-5-18)39-24(31)12-21-25(39)36-17-38(26(21)40)16-29(42)8-10-37(11-9-29)27(41)28(2)13-23(28)30(32,33)34/h4-7,12,17,20,22-23,35,42H,3,8-11,13-16H2,1-2H3/t20-,22-,23-,28-/m0/s1. The Labute approximate surface area is 251 Å². The number of halogens is 4. The van der Waals surface area contributed by atoms with Crippen molar-refractivity contribution in [2.75, 3.05) is 26.2 Å². The monoisotopic (exact) mass is 621 g/mol. The van der Waals surface area contributed by atoms with Gasteiger partial charge in [0.2, 0.25) is 5.91 Å². The minimum atomic E-state index is -4.40. The summed E-state index contributed by atoms with van der Waals surface area (Å²) in [6.45, 7) is 4.99. The highest BCUT2D eigenvalue weighted by molar-refractivity contribution is 6.31. The summed E-state index contributed by atoms with van der Waals surface area (Å²) in [6.07, 6.45) is -1.81. The number of benzene rings is 1. The third kappa shape index (κ3) is 5.58. The van der Waals surface area contributed by atoms with Crippen molar-refractivity contribution in [3.05, 3.63) is 57.7 Å². The van der Waals surface area contributed by atoms with E-state index in [1.54, 1.807) is 10.6 Å². The lowest BCUT2D eigenvalue weighted by Gasteiger charge is -2.39. The molecule has 13 heteroatoms. The number of nitrogens with zero attached hydrogens (tertiary/aromatic N) is 4. The van der Waals surface area contributed by atoms with Crippen molar-refractivity contribution < 1.29 is 27.8 Å². The topological polar surface area (TPSA) is 102 Å². The smallest absolute Gasteiger partial charge is 0.388 e. The Bertz CT molecular complexity index is 1570. The molecule has 0 unspecified atom stereocenters. The molecule has 2 aliphatic heterocycles. The van der Waals surface area contributed by atoms with Gasteiger partial charge in [-0.15, -0.1) is 0 Å². The molecule has 2 aromatic heterocycles. The highest BCUT2D eigenvalue weighted by Crippen LogP contribution is 2.61. The lowest BCUT2D eigenvalue weighted by atomic mass is 9.90. The maximum absolute atomic E-state index is 13.4. The molecule has 2 N–H and O–H groups in total. The second kappa shape index (κ2) is 10.9. The first kappa shape index (κ1) is 30.1. The molecule has 1 aliphatic carbocycles. The van der Waals surface area contributed by atoms with Crippen molar-refractivity contribution in [1.29, 1.82) is 0 Å². The number of aliphatic hydroxyl groups is 1. The Morgan fingerprint density at radius 3 is 2.51 bits per heavy atom. The van der Waals surface area contributed by atoms with Crippen molar-refractivity contribution in [1.82, 2.24) is 24.3 Å². The Morgan fingerprint density at radius 2 is 1.93 bits per heavy atom. The van der Waals surface area contributed by atoms with E-state index in [2.05, 4.69) is 17.2 Å². The molecule has 2 saturated heterocycles. The number of alkyl halides is 3. The van der Waals surface area contributed by atoms with Crippen molar-refractivity contribution >= 4 is 28.5 Å². The molecule has 1 amide bonds. The van der Waals surface area contributed by atoms with Crippen LogP contribution < -0.4 is 10.9 Å². The number of piperidine rings is 1. The zero-order chi connectivity index (χ0) is 30.7. The summed E-state index contributed by atoms with van der Waals surface area (Å²) in [4.78, 5) is 32.2. The van der Waals surface area contributed by atoms with Crippen LogP contribution in [0.1, 0.15) is 51.1 Å². The molecule has 1 aromatic carbocycles. The van der Waals surface area contributed by atoms with Gasteiger partial charge in [0.25, 0.3) is 5.56 Å². The fourth-order valence-electron chi connectivity index (χ4n) is 6.44. The van der Waals surface area contributed by atoms with Crippen molar-refractivity contribution in [2.24, 2.45) is 11.3 Å². The van der Waals surface area contributed by atoms with Crippen LogP contribution >= 0.6 is 11.6 Å². The molecule has 0 bridgehead atoms. The van der Waals surface area contributed by atoms with E-state index < -0.39 is 29.0 Å². The van der Waals surface area contributed by atoms with E-state index in [4.69, 9.17) is 16.3 Å². The minimum Gasteiger partial charge on any atom is -0.388 e. The first-order chi connectivity index (χ1) is 20.3. The van der Waals surface area contributed by atoms with Gasteiger partial charge in [0.15, 0.2) is 5.65 Å². The number of carbonyl (C=O) groups is 1. The van der Waals surface area contributed by atoms with Gasteiger partial charge in [-0.3, -0.25) is 18.7 Å². The summed E-state index contributed by atoms with van der Waals surface area (Å²) in [5, 5.41) is 15.4. The summed E-state index contributed by atoms with van der Waals surface area (Å²) < 4.78 is 48.3. The van der Waals surface area contributed by atoms with E-state index in [9.17, 15) is 27.9 Å². The van der Waals surface area contributed by atoms with Crippen molar-refractivity contribution in [3.8, 4) is 5.69 Å². The second-order valence-electron chi connectivity index (χ2n) is 12.4. The zero-order valence-corrected chi connectivity index (χ0v) is 24.8. The van der Waals surface area contributed by atoms with Crippen molar-refractivity contribution in [2.45, 2.75) is 70.0 Å². The number of aromatic nitrogens is 3. The van der Waals surface area contributed by atoms with Gasteiger partial charge in [-0.2, -0.15) is 13.2 Å². The first-order valence-electron chi connectivity index (χ1n) is 14.6. The summed E-state index contributed by atoms with van der Waals surface area (Å²) in [5.74, 6) is -2.16. The van der Waals surface area contributed by atoms with Gasteiger partial charge >= 0.3 is 6.18 Å². The molecule has 0 spiro atoms. The molecule has 4 heterocycles. The Hall–Kier alpha value is -2.93. The molecule has 232 valence electrons. The van der Waals surface area contributed by atoms with Crippen LogP contribution in [0.4, 0.5) is 13.2 Å². The molecule has 43 heavy (non-hydrogen) atoms. The van der Waals surface area contributed by atoms with E-state index >= 15 is 0 Å². The van der Waals surface area contributed by atoms with Crippen LogP contribution in [0.15, 0.2) is 41.5 Å². The largest absolute Gasteiger partial charge is 0.392 e. The number of hydrogen-bond acceptors (Lipinski definition) is 6. The number of nitrogens with one attached hydrogen (secondary N) is 1. The van der Waals surface area contributed by atoms with Gasteiger partial charge in [-0.25, -0.2) is 4.98 Å². The number of morpholine rings is 1. The van der Waals surface area contributed by atoms with Crippen LogP contribution in [-0.4, -0.2) is 74.2 Å². The quantitative estimate of drug-likeness (QED) is 0.428. The Balaban J connectivity index is 1.15. The molecular formula is C30H35ClF3N5O4. The molecule has 3 aliphatic rings. The van der Waals surface area contributed by atoms with Crippen LogP contribution in [0, 0.1) is 11.3 Å². The number of ether oxygens (including phenoxy) is 1. The van der Waals surface area contributed by atoms with Crippen LogP contribution in [0.2, 0.25) is 5.15 Å². The van der Waals surface area contributed by atoms with Gasteiger partial charge in [0.1, 0.15) is 11.5 Å². The summed E-state index contributed by atoms with van der Waals surface area (Å²) >= 11 is 6.58. The summed E-state index contributed by atoms with van der Waals surface area (Å²) in [5.41, 5.74) is -0.931. The number of fused-ring (bicyclic) bond motifs is 1. The highest BCUT2D eigenvalue weighted by atomic mass is 35.5. The molecule has 6 rings (SSSR count). The van der Waals surface area contributed by atoms with Crippen molar-refractivity contribution in [3.63, 3.8) is 0 Å². The third-order valence-corrected chi connectivity index (χ3v) is 9.68. The van der Waals surface area contributed by atoms with E-state index in [0.717, 1.165) is 24.2 Å². The average Bonchev–Trinajstić information content (AvgIpc) is 3.60. The van der Waals surface area contributed by atoms with E-state index in [1.165, 1.54) is 22.7 Å². The van der Waals surface area contributed by atoms with Gasteiger partial charge in [-0.1, -0.05) is 37.6 Å². The van der Waals surface area contributed by atoms with Crippen LogP contribution in [-0.2, 0) is 16.1 Å². The molecule has 1 saturated carbocycles. The third-order valence-electron chi connectivity index (χ3n) is 9.41. The predicted octanol–water partition coefficient (Wildman–Crippen LogP) is 4.22. The average molecular weight is 622 g/mol. The molecule has 3 aromatic rings. The lowest BCUT2D eigenvalue weighted by molar-refractivity contribution is -0.165. The number of carbonyl (C=O) groups excluding carboxylic acids is 1. The predicted molar refractivity (Wildman–Crippen MR) is 154 cm³/mol. The zero-order valence-electron chi connectivity index (χ0n) is 24.0. The summed E-state index contributed by atoms with van der Waals surface area (Å²) in [6, 6.07) is 9.45. The SMILES string of the molecule is CC[C@H]1CN[C@H](c2ccc(-n3c(Cl)cc4c(=O)n(CC5(O)CCN(C(=O)[C@@]6(C)C[C@@H]6C(F)(F)F)CC5)cnc43)cc2)CO1. The van der Waals surface area contributed by atoms with E-state index in [-0.39, 0.29) is 56.6 Å². The number of hydrogen-bond donors (Lipinski definition) is 2. The first-order valence-corrected chi connectivity index (χ1v) is 15.0. The number of rotatable bonds is 6. The van der Waals surface area contributed by atoms with Gasteiger partial charge in [0, 0.05) is 25.3 Å². The molecule has 0 radical (unpaired) electrons. The van der Waals surface area contributed by atoms with E-state index in [0.29, 0.717) is 22.8 Å². The number of amides is 1. The molecule has 4 atom stereocenters. The Morgan fingerprint density at radius 1 is 1.23 bits per heavy atom. The highest BCUT2D eigenvalue weighted by Gasteiger charge is 2.68. The lowest BCUT2D eigenvalue weighted by Crippen LogP contribution is -2.51. The maximum atomic E-state index is 13.4. The van der Waals surface area contributed by atoms with Gasteiger partial charge in [0.05, 0.1) is 47.6 Å². The minimum absolute atomic E-state index is 0.0634. The van der Waals surface area contributed by atoms with E-state index in [1.807, 2.05) is 24.3 Å². The molecule has 9 nitrogen and oxygen atoms in total. The Kier molecular flexibility index (Phi) is 7.63. The number of likely N-dealkylation sites (tertiary alicyclic amines) is 1. The maximum Gasteiger partial charge on any atom is 0.392 e. The second-order valence-corrected chi connectivity index (χ2v) is 12.8. The fourth-order valence-corrected chi connectivity index (χ4v) is 6.73. The molecular weight excluding hydrogens is 587 g/mol. The van der Waals surface area contributed by atoms with Gasteiger partial charge < -0.3 is 20.1 Å². The van der Waals surface area contributed by atoms with Gasteiger partial charge in [-0.05, 0) is 49.4 Å². The normalized spacial score (nSPS) is 27.4. The van der Waals surface area contributed by atoms with Crippen LogP contribution in [0.3, 0.4) is 0 Å². The molecule has 3 fully saturated rings. The fraction of sp³-hybridized carbons (Fsp3) is 0.567. The van der Waals surface area contributed by atoms with Crippen LogP contribution in [0.5, 0.6) is 0 Å². The van der Waals surface area contributed by atoms with Crippen LogP contribution in [0.25, 0.3) is 16.7 Å². The summed E-state index contributed by atoms with van der Waals surface area (Å²) in [7, 11) is 0.